The summed E-state index contributed by atoms with van der Waals surface area (Å²) in [5.41, 5.74) is -1.76. The van der Waals surface area contributed by atoms with Crippen molar-refractivity contribution in [2.45, 2.75) is 6.92 Å². The van der Waals surface area contributed by atoms with Crippen LogP contribution in [0.15, 0.2) is 12.1 Å². The second-order valence-electron chi connectivity index (χ2n) is 3.10. The maximum atomic E-state index is 11.5. The monoisotopic (exact) mass is 276 g/mol. The predicted molar refractivity (Wildman–Crippen MR) is 61.7 cm³/mol. The average Bonchev–Trinajstić information content (AvgIpc) is 2.28. The number of rotatable bonds is 5. The van der Waals surface area contributed by atoms with Gasteiger partial charge in [-0.1, -0.05) is 0 Å². The summed E-state index contributed by atoms with van der Waals surface area (Å²) < 4.78 is 16.3. The van der Waals surface area contributed by atoms with Crippen LogP contribution in [0.1, 0.15) is 6.92 Å². The van der Waals surface area contributed by atoms with Gasteiger partial charge in [0.25, 0.3) is 5.75 Å². The summed E-state index contributed by atoms with van der Waals surface area (Å²) in [6.07, 6.45) is 0. The first-order valence-corrected chi connectivity index (χ1v) is 6.03. The lowest BCUT2D eigenvalue weighted by Crippen LogP contribution is -2.04. The van der Waals surface area contributed by atoms with Crippen molar-refractivity contribution >= 4 is 24.7 Å². The highest BCUT2D eigenvalue weighted by atomic mass is 31.1. The molecule has 0 heterocycles. The number of benzene rings is 1. The van der Waals surface area contributed by atoms with Gasteiger partial charge in [0.05, 0.1) is 16.5 Å². The number of hydrogen-bond donors (Lipinski definition) is 1. The van der Waals surface area contributed by atoms with E-state index in [-0.39, 0.29) is 11.9 Å². The molecule has 0 saturated heterocycles. The fourth-order valence-corrected chi connectivity index (χ4v) is 2.15. The first kappa shape index (κ1) is 14.1. The summed E-state index contributed by atoms with van der Waals surface area (Å²) in [5.74, 6) is -1.07. The summed E-state index contributed by atoms with van der Waals surface area (Å²) in [4.78, 5) is 19.3. The standard InChI is InChI=1S/C8H9N2O7P/c1-2-17-18(16)5-3-6(9(12)13)8(11)7(4-5)10(14)15/h3-4,11,18H,2H2,1H3. The molecular formula is C8H9N2O7P. The number of nitro groups is 2. The van der Waals surface area contributed by atoms with Crippen molar-refractivity contribution in [1.29, 1.82) is 0 Å². The number of aromatic hydroxyl groups is 1. The molecule has 1 atom stereocenters. The van der Waals surface area contributed by atoms with Crippen molar-refractivity contribution in [2.75, 3.05) is 6.61 Å². The van der Waals surface area contributed by atoms with E-state index in [2.05, 4.69) is 0 Å². The molecule has 0 aliphatic heterocycles. The molecule has 1 N–H and O–H groups in total. The molecule has 98 valence electrons. The van der Waals surface area contributed by atoms with Crippen molar-refractivity contribution in [3.05, 3.63) is 32.4 Å². The zero-order chi connectivity index (χ0) is 13.9. The minimum absolute atomic E-state index is 0.0975. The Morgan fingerprint density at radius 2 is 1.72 bits per heavy atom. The predicted octanol–water partition coefficient (Wildman–Crippen LogP) is 1.35. The summed E-state index contributed by atoms with van der Waals surface area (Å²) in [6, 6.07) is 1.61. The van der Waals surface area contributed by atoms with Gasteiger partial charge in [-0.15, -0.1) is 0 Å². The van der Waals surface area contributed by atoms with Gasteiger partial charge >= 0.3 is 11.4 Å². The summed E-state index contributed by atoms with van der Waals surface area (Å²) in [5, 5.41) is 30.4. The van der Waals surface area contributed by atoms with Crippen LogP contribution in [-0.4, -0.2) is 21.6 Å². The zero-order valence-electron chi connectivity index (χ0n) is 9.15. The van der Waals surface area contributed by atoms with Crippen molar-refractivity contribution in [1.82, 2.24) is 0 Å². The van der Waals surface area contributed by atoms with Gasteiger partial charge in [-0.2, -0.15) is 0 Å². The van der Waals surface area contributed by atoms with Crippen LogP contribution >= 0.6 is 8.03 Å². The molecule has 18 heavy (non-hydrogen) atoms. The van der Waals surface area contributed by atoms with Crippen LogP contribution in [0.2, 0.25) is 0 Å². The second kappa shape index (κ2) is 5.56. The van der Waals surface area contributed by atoms with Crippen LogP contribution in [0.25, 0.3) is 0 Å². The third kappa shape index (κ3) is 2.82. The molecule has 0 radical (unpaired) electrons. The Morgan fingerprint density at radius 3 is 2.06 bits per heavy atom. The molecule has 0 spiro atoms. The van der Waals surface area contributed by atoms with Gasteiger partial charge in [-0.25, -0.2) is 0 Å². The number of nitro benzene ring substituents is 2. The van der Waals surface area contributed by atoms with E-state index in [1.807, 2.05) is 0 Å². The maximum absolute atomic E-state index is 11.5. The number of phenols is 1. The van der Waals surface area contributed by atoms with Crippen LogP contribution in [0.5, 0.6) is 5.75 Å². The molecule has 0 amide bonds. The molecule has 0 fully saturated rings. The van der Waals surface area contributed by atoms with Crippen molar-refractivity contribution < 1.29 is 24.0 Å². The van der Waals surface area contributed by atoms with Gasteiger partial charge < -0.3 is 9.63 Å². The molecule has 1 unspecified atom stereocenters. The van der Waals surface area contributed by atoms with Gasteiger partial charge in [-0.3, -0.25) is 24.8 Å². The van der Waals surface area contributed by atoms with Gasteiger partial charge in [0.1, 0.15) is 0 Å². The van der Waals surface area contributed by atoms with E-state index in [9.17, 15) is 29.9 Å². The minimum Gasteiger partial charge on any atom is -0.497 e. The smallest absolute Gasteiger partial charge is 0.318 e. The largest absolute Gasteiger partial charge is 0.497 e. The van der Waals surface area contributed by atoms with Gasteiger partial charge in [0.2, 0.25) is 8.03 Å². The fourth-order valence-electron chi connectivity index (χ4n) is 1.21. The molecule has 0 saturated carbocycles. The molecule has 0 aliphatic carbocycles. The molecule has 0 aromatic heterocycles. The summed E-state index contributed by atoms with van der Waals surface area (Å²) in [6.45, 7) is 1.66. The molecule has 9 nitrogen and oxygen atoms in total. The highest BCUT2D eigenvalue weighted by Gasteiger charge is 2.27. The van der Waals surface area contributed by atoms with Gasteiger partial charge in [0, 0.05) is 17.4 Å². The van der Waals surface area contributed by atoms with Crippen LogP contribution in [0.3, 0.4) is 0 Å². The highest BCUT2D eigenvalue weighted by molar-refractivity contribution is 7.48. The van der Waals surface area contributed by atoms with E-state index >= 15 is 0 Å². The molecular weight excluding hydrogens is 267 g/mol. The lowest BCUT2D eigenvalue weighted by molar-refractivity contribution is -0.395. The quantitative estimate of drug-likeness (QED) is 0.487. The Morgan fingerprint density at radius 1 is 1.28 bits per heavy atom. The SMILES string of the molecule is CCO[PH](=O)c1cc([N+](=O)[O-])c(O)c([N+](=O)[O-])c1. The minimum atomic E-state index is -2.81. The number of phenolic OH excluding ortho intramolecular Hbond substituents is 1. The lowest BCUT2D eigenvalue weighted by Gasteiger charge is -2.03. The van der Waals surface area contributed by atoms with E-state index in [0.717, 1.165) is 12.1 Å². The van der Waals surface area contributed by atoms with E-state index in [0.29, 0.717) is 0 Å². The molecule has 0 aliphatic rings. The Balaban J connectivity index is 3.43. The first-order chi connectivity index (χ1) is 8.38. The zero-order valence-corrected chi connectivity index (χ0v) is 10.2. The first-order valence-electron chi connectivity index (χ1n) is 4.71. The Labute approximate surface area is 101 Å². The highest BCUT2D eigenvalue weighted by Crippen LogP contribution is 2.37. The normalized spacial score (nSPS) is 12.1. The van der Waals surface area contributed by atoms with Crippen molar-refractivity contribution in [2.24, 2.45) is 0 Å². The molecule has 1 rings (SSSR count). The van der Waals surface area contributed by atoms with Crippen LogP contribution < -0.4 is 5.30 Å². The van der Waals surface area contributed by atoms with Crippen molar-refractivity contribution in [3.63, 3.8) is 0 Å². The topological polar surface area (TPSA) is 133 Å². The third-order valence-electron chi connectivity index (χ3n) is 1.97. The Kier molecular flexibility index (Phi) is 4.35. The van der Waals surface area contributed by atoms with E-state index in [1.165, 1.54) is 0 Å². The third-order valence-corrected chi connectivity index (χ3v) is 3.29. The molecule has 1 aromatic carbocycles. The fraction of sp³-hybridized carbons (Fsp3) is 0.250. The number of nitrogens with zero attached hydrogens (tertiary/aromatic N) is 2. The van der Waals surface area contributed by atoms with Gasteiger partial charge in [0.15, 0.2) is 0 Å². The van der Waals surface area contributed by atoms with E-state index < -0.39 is 35.0 Å². The van der Waals surface area contributed by atoms with Crippen LogP contribution in [0.4, 0.5) is 11.4 Å². The lowest BCUT2D eigenvalue weighted by atomic mass is 10.2. The van der Waals surface area contributed by atoms with Crippen LogP contribution in [0, 0.1) is 20.2 Å². The average molecular weight is 276 g/mol. The van der Waals surface area contributed by atoms with E-state index in [1.54, 1.807) is 6.92 Å². The molecule has 1 aromatic rings. The Hall–Kier alpha value is -1.99. The van der Waals surface area contributed by atoms with E-state index in [4.69, 9.17) is 4.52 Å². The Bertz CT molecular complexity index is 495. The summed E-state index contributed by atoms with van der Waals surface area (Å²) in [7, 11) is -2.81. The van der Waals surface area contributed by atoms with Crippen LogP contribution in [-0.2, 0) is 9.09 Å². The van der Waals surface area contributed by atoms with Crippen molar-refractivity contribution in [3.8, 4) is 5.75 Å². The summed E-state index contributed by atoms with van der Waals surface area (Å²) >= 11 is 0. The molecule has 0 bridgehead atoms. The number of hydrogen-bond acceptors (Lipinski definition) is 7. The van der Waals surface area contributed by atoms with Gasteiger partial charge in [-0.05, 0) is 6.92 Å². The second-order valence-corrected chi connectivity index (χ2v) is 4.54. The molecule has 10 heteroatoms. The maximum Gasteiger partial charge on any atom is 0.318 e.